The molecule has 154 valence electrons. The minimum atomic E-state index is -0.467. The highest BCUT2D eigenvalue weighted by Crippen LogP contribution is 2.42. The van der Waals surface area contributed by atoms with Gasteiger partial charge in [-0.25, -0.2) is 4.98 Å². The number of aliphatic hydroxyl groups is 1. The van der Waals surface area contributed by atoms with Crippen LogP contribution >= 0.6 is 0 Å². The van der Waals surface area contributed by atoms with Crippen molar-refractivity contribution >= 4 is 23.2 Å². The SMILES string of the molecule is CNc1cc(C)nc(Nc2nc3c(c(C4=CCNC[C@H](O)C4)c2C)OCCO3)n1. The molecule has 1 atom stereocenters. The van der Waals surface area contributed by atoms with Crippen LogP contribution in [0.5, 0.6) is 11.6 Å². The van der Waals surface area contributed by atoms with Gasteiger partial charge in [0.1, 0.15) is 24.8 Å². The summed E-state index contributed by atoms with van der Waals surface area (Å²) in [5.74, 6) is 2.83. The Morgan fingerprint density at radius 2 is 2.00 bits per heavy atom. The number of anilines is 3. The van der Waals surface area contributed by atoms with E-state index in [-0.39, 0.29) is 0 Å². The number of β-amino-alcohol motifs (C(OH)–C–C–N with tert-alkyl or cyclic N) is 1. The lowest BCUT2D eigenvalue weighted by Gasteiger charge is -2.25. The Bertz CT molecular complexity index is 946. The maximum atomic E-state index is 10.3. The Morgan fingerprint density at radius 3 is 2.83 bits per heavy atom. The fourth-order valence-electron chi connectivity index (χ4n) is 3.57. The van der Waals surface area contributed by atoms with Crippen molar-refractivity contribution in [3.8, 4) is 11.6 Å². The van der Waals surface area contributed by atoms with E-state index in [2.05, 4.69) is 37.0 Å². The molecule has 0 radical (unpaired) electrons. The van der Waals surface area contributed by atoms with E-state index in [1.54, 1.807) is 0 Å². The molecule has 2 aromatic rings. The van der Waals surface area contributed by atoms with Gasteiger partial charge in [0.15, 0.2) is 5.75 Å². The van der Waals surface area contributed by atoms with Gasteiger partial charge in [0, 0.05) is 49.4 Å². The van der Waals surface area contributed by atoms with Crippen LogP contribution in [0.1, 0.15) is 23.2 Å². The molecule has 9 heteroatoms. The van der Waals surface area contributed by atoms with E-state index in [1.165, 1.54) is 0 Å². The number of nitrogens with zero attached hydrogens (tertiary/aromatic N) is 3. The summed E-state index contributed by atoms with van der Waals surface area (Å²) < 4.78 is 11.7. The first kappa shape index (κ1) is 19.4. The minimum absolute atomic E-state index is 0.438. The van der Waals surface area contributed by atoms with Crippen LogP contribution in [0.25, 0.3) is 5.57 Å². The monoisotopic (exact) mass is 398 g/mol. The summed E-state index contributed by atoms with van der Waals surface area (Å²) in [6, 6.07) is 1.87. The average Bonchev–Trinajstić information content (AvgIpc) is 2.92. The predicted molar refractivity (Wildman–Crippen MR) is 111 cm³/mol. The molecule has 0 aromatic carbocycles. The second kappa shape index (κ2) is 8.22. The fraction of sp³-hybridized carbons (Fsp3) is 0.450. The fourth-order valence-corrected chi connectivity index (χ4v) is 3.57. The lowest BCUT2D eigenvalue weighted by molar-refractivity contribution is 0.163. The summed E-state index contributed by atoms with van der Waals surface area (Å²) >= 11 is 0. The predicted octanol–water partition coefficient (Wildman–Crippen LogP) is 1.78. The first-order chi connectivity index (χ1) is 14.0. The average molecular weight is 398 g/mol. The molecule has 2 aliphatic rings. The highest BCUT2D eigenvalue weighted by Gasteiger charge is 2.27. The summed E-state index contributed by atoms with van der Waals surface area (Å²) in [5.41, 5.74) is 3.64. The number of hydrogen-bond donors (Lipinski definition) is 4. The molecule has 4 heterocycles. The molecular weight excluding hydrogens is 372 g/mol. The van der Waals surface area contributed by atoms with Crippen molar-refractivity contribution in [2.24, 2.45) is 0 Å². The van der Waals surface area contributed by atoms with Gasteiger partial charge in [0.25, 0.3) is 5.88 Å². The molecule has 0 unspecified atom stereocenters. The van der Waals surface area contributed by atoms with E-state index in [0.717, 1.165) is 28.2 Å². The van der Waals surface area contributed by atoms with E-state index >= 15 is 0 Å². The number of aryl methyl sites for hydroxylation is 1. The third-order valence-electron chi connectivity index (χ3n) is 4.92. The maximum Gasteiger partial charge on any atom is 0.259 e. The molecule has 2 aliphatic heterocycles. The first-order valence-corrected chi connectivity index (χ1v) is 9.74. The van der Waals surface area contributed by atoms with Gasteiger partial charge >= 0.3 is 0 Å². The zero-order valence-electron chi connectivity index (χ0n) is 16.9. The molecule has 9 nitrogen and oxygen atoms in total. The zero-order valence-corrected chi connectivity index (χ0v) is 16.9. The molecule has 2 aromatic heterocycles. The van der Waals surface area contributed by atoms with Crippen molar-refractivity contribution < 1.29 is 14.6 Å². The number of fused-ring (bicyclic) bond motifs is 1. The third kappa shape index (κ3) is 4.10. The maximum absolute atomic E-state index is 10.3. The summed E-state index contributed by atoms with van der Waals surface area (Å²) in [7, 11) is 1.81. The van der Waals surface area contributed by atoms with Crippen LogP contribution < -0.4 is 25.4 Å². The van der Waals surface area contributed by atoms with Crippen molar-refractivity contribution in [3.63, 3.8) is 0 Å². The van der Waals surface area contributed by atoms with Crippen molar-refractivity contribution in [3.05, 3.63) is 29.0 Å². The molecule has 0 fully saturated rings. The topological polar surface area (TPSA) is 113 Å². The molecule has 0 amide bonds. The molecule has 0 aliphatic carbocycles. The van der Waals surface area contributed by atoms with Gasteiger partial charge in [-0.3, -0.25) is 0 Å². The number of aliphatic hydroxyl groups excluding tert-OH is 1. The molecule has 0 saturated carbocycles. The van der Waals surface area contributed by atoms with Crippen LogP contribution in [0.2, 0.25) is 0 Å². The Labute approximate surface area is 169 Å². The van der Waals surface area contributed by atoms with Gasteiger partial charge in [-0.15, -0.1) is 0 Å². The summed E-state index contributed by atoms with van der Waals surface area (Å²) in [5, 5.41) is 19.8. The lowest BCUT2D eigenvalue weighted by Crippen LogP contribution is -2.24. The van der Waals surface area contributed by atoms with E-state index in [0.29, 0.717) is 56.1 Å². The van der Waals surface area contributed by atoms with E-state index in [9.17, 15) is 5.11 Å². The molecule has 0 spiro atoms. The minimum Gasteiger partial charge on any atom is -0.484 e. The Morgan fingerprint density at radius 1 is 1.17 bits per heavy atom. The number of aromatic nitrogens is 3. The Balaban J connectivity index is 1.79. The standard InChI is InChI=1S/C20H26N6O3/c1-11-8-15(21-3)24-20(23-11)26-18-12(2)16(13-4-5-22-10-14(27)9-13)17-19(25-18)29-7-6-28-17/h4,8,14,22,27H,5-7,9-10H2,1-3H3,(H2,21,23,24,25,26)/t14-/m1/s1. The Kier molecular flexibility index (Phi) is 5.50. The number of ether oxygens (including phenoxy) is 2. The van der Waals surface area contributed by atoms with Crippen molar-refractivity contribution in [2.45, 2.75) is 26.4 Å². The molecule has 0 bridgehead atoms. The van der Waals surface area contributed by atoms with Crippen LogP contribution in [-0.4, -0.2) is 59.5 Å². The molecule has 29 heavy (non-hydrogen) atoms. The second-order valence-electron chi connectivity index (χ2n) is 7.13. The van der Waals surface area contributed by atoms with Gasteiger partial charge in [-0.2, -0.15) is 9.97 Å². The van der Waals surface area contributed by atoms with Crippen LogP contribution in [-0.2, 0) is 0 Å². The van der Waals surface area contributed by atoms with Gasteiger partial charge in [-0.05, 0) is 19.4 Å². The van der Waals surface area contributed by atoms with Crippen LogP contribution in [0, 0.1) is 13.8 Å². The largest absolute Gasteiger partial charge is 0.484 e. The smallest absolute Gasteiger partial charge is 0.259 e. The van der Waals surface area contributed by atoms with Gasteiger partial charge < -0.3 is 30.5 Å². The van der Waals surface area contributed by atoms with Crippen molar-refractivity contribution in [1.29, 1.82) is 0 Å². The quantitative estimate of drug-likeness (QED) is 0.612. The van der Waals surface area contributed by atoms with Gasteiger partial charge in [0.2, 0.25) is 5.95 Å². The van der Waals surface area contributed by atoms with Crippen LogP contribution in [0.15, 0.2) is 12.1 Å². The number of rotatable bonds is 4. The van der Waals surface area contributed by atoms with Crippen molar-refractivity contribution in [2.75, 3.05) is 44.0 Å². The molecule has 4 N–H and O–H groups in total. The first-order valence-electron chi connectivity index (χ1n) is 9.74. The van der Waals surface area contributed by atoms with Crippen molar-refractivity contribution in [1.82, 2.24) is 20.3 Å². The molecular formula is C20H26N6O3. The molecule has 4 rings (SSSR count). The molecule has 0 saturated heterocycles. The van der Waals surface area contributed by atoms with Crippen LogP contribution in [0.4, 0.5) is 17.6 Å². The van der Waals surface area contributed by atoms with Crippen LogP contribution in [0.3, 0.4) is 0 Å². The zero-order chi connectivity index (χ0) is 20.4. The van der Waals surface area contributed by atoms with Gasteiger partial charge in [0.05, 0.1) is 6.10 Å². The number of hydrogen-bond acceptors (Lipinski definition) is 9. The Hall–Kier alpha value is -2.91. The van der Waals surface area contributed by atoms with E-state index < -0.39 is 6.10 Å². The van der Waals surface area contributed by atoms with Gasteiger partial charge in [-0.1, -0.05) is 6.08 Å². The highest BCUT2D eigenvalue weighted by atomic mass is 16.6. The van der Waals surface area contributed by atoms with E-state index in [1.807, 2.05) is 27.0 Å². The summed E-state index contributed by atoms with van der Waals surface area (Å²) in [4.78, 5) is 13.5. The number of pyridine rings is 1. The lowest BCUT2D eigenvalue weighted by atomic mass is 9.95. The third-order valence-corrected chi connectivity index (χ3v) is 4.92. The normalized spacial score (nSPS) is 18.6. The number of nitrogens with one attached hydrogen (secondary N) is 3. The second-order valence-corrected chi connectivity index (χ2v) is 7.13. The highest BCUT2D eigenvalue weighted by molar-refractivity contribution is 5.79. The summed E-state index contributed by atoms with van der Waals surface area (Å²) in [6.45, 7) is 6.03. The summed E-state index contributed by atoms with van der Waals surface area (Å²) in [6.07, 6.45) is 2.15. The van der Waals surface area contributed by atoms with E-state index in [4.69, 9.17) is 9.47 Å².